The molecule has 0 radical (unpaired) electrons. The Morgan fingerprint density at radius 2 is 1.78 bits per heavy atom. The van der Waals surface area contributed by atoms with Crippen LogP contribution in [0, 0.1) is 52.3 Å². The van der Waals surface area contributed by atoms with E-state index in [1.165, 1.54) is 19.3 Å². The smallest absolute Gasteiger partial charge is 0.726 e. The molecule has 4 fully saturated rings. The topological polar surface area (TPSA) is 119 Å². The molecular weight excluding hydrogens is 498 g/mol. The second-order valence-corrected chi connectivity index (χ2v) is 13.7. The Morgan fingerprint density at radius 3 is 2.44 bits per heavy atom. The first kappa shape index (κ1) is 31.5. The Labute approximate surface area is 261 Å². The summed E-state index contributed by atoms with van der Waals surface area (Å²) in [7, 11) is -4.73. The van der Waals surface area contributed by atoms with Gasteiger partial charge in [0.25, 0.3) is 0 Å². The molecule has 0 saturated heterocycles. The fraction of sp³-hybridized carbons (Fsp3) is 0.960. The van der Waals surface area contributed by atoms with Gasteiger partial charge < -0.3 is 9.65 Å². The van der Waals surface area contributed by atoms with Crippen LogP contribution in [0.4, 0.5) is 0 Å². The molecule has 0 bridgehead atoms. The third-order valence-electron chi connectivity index (χ3n) is 11.1. The van der Waals surface area contributed by atoms with Crippen LogP contribution in [-0.2, 0) is 21.0 Å². The van der Waals surface area contributed by atoms with Gasteiger partial charge in [-0.2, -0.15) is 5.21 Å². The predicted molar refractivity (Wildman–Crippen MR) is 125 cm³/mol. The number of tetrazole rings is 1. The summed E-state index contributed by atoms with van der Waals surface area (Å²) in [5, 5.41) is 15.2. The van der Waals surface area contributed by atoms with Crippen LogP contribution in [0.1, 0.15) is 91.3 Å². The summed E-state index contributed by atoms with van der Waals surface area (Å²) in [6, 6.07) is 0. The molecule has 1 heterocycles. The molecule has 1 aromatic rings. The first-order chi connectivity index (χ1) is 16.0. The number of rotatable bonds is 6. The zero-order valence-electron chi connectivity index (χ0n) is 23.0. The van der Waals surface area contributed by atoms with Crippen molar-refractivity contribution in [2.75, 3.05) is 0 Å². The predicted octanol–water partition coefficient (Wildman–Crippen LogP) is -1.84. The first-order valence-corrected chi connectivity index (χ1v) is 14.7. The molecule has 4 aliphatic carbocycles. The van der Waals surface area contributed by atoms with E-state index in [0.29, 0.717) is 47.8 Å². The quantitative estimate of drug-likeness (QED) is 0.235. The molecule has 0 unspecified atom stereocenters. The molecule has 11 heteroatoms. The Morgan fingerprint density at radius 1 is 1.08 bits per heavy atom. The number of hydrogen-bond acceptors (Lipinski definition) is 7. The average Bonchev–Trinajstić information content (AvgIpc) is 3.39. The van der Waals surface area contributed by atoms with Gasteiger partial charge in [-0.15, -0.1) is 0 Å². The van der Waals surface area contributed by atoms with Crippen LogP contribution in [0.5, 0.6) is 0 Å². The molecule has 8 nitrogen and oxygen atoms in total. The number of nitrogens with zero attached hydrogens (tertiary/aromatic N) is 4. The monoisotopic (exact) mass is 538 g/mol. The van der Waals surface area contributed by atoms with Crippen molar-refractivity contribution in [1.82, 2.24) is 20.6 Å². The minimum absolute atomic E-state index is 0. The van der Waals surface area contributed by atoms with E-state index in [-0.39, 0.29) is 75.9 Å². The summed E-state index contributed by atoms with van der Waals surface area (Å²) >= 11 is 0. The molecule has 1 aromatic heterocycles. The van der Waals surface area contributed by atoms with Crippen LogP contribution < -0.4 is 64.2 Å². The second kappa shape index (κ2) is 11.8. The van der Waals surface area contributed by atoms with Gasteiger partial charge in [-0.1, -0.05) is 34.1 Å². The molecule has 0 N–H and O–H groups in total. The van der Waals surface area contributed by atoms with E-state index >= 15 is 0 Å². The van der Waals surface area contributed by atoms with Crippen LogP contribution in [0.15, 0.2) is 0 Å². The van der Waals surface area contributed by atoms with E-state index in [4.69, 9.17) is 4.18 Å². The Hall–Kier alpha value is 0.940. The van der Waals surface area contributed by atoms with Crippen LogP contribution in [0.3, 0.4) is 0 Å². The van der Waals surface area contributed by atoms with E-state index in [1.807, 2.05) is 0 Å². The summed E-state index contributed by atoms with van der Waals surface area (Å²) < 4.78 is 40.9. The van der Waals surface area contributed by atoms with Crippen LogP contribution in [0.2, 0.25) is 0 Å². The van der Waals surface area contributed by atoms with Crippen molar-refractivity contribution in [2.24, 2.45) is 52.3 Å². The van der Waals surface area contributed by atoms with Gasteiger partial charge in [-0.25, -0.2) is 8.42 Å². The van der Waals surface area contributed by atoms with E-state index in [1.54, 1.807) is 0 Å². The fourth-order valence-corrected chi connectivity index (χ4v) is 9.97. The Balaban J connectivity index is 0.00000180. The average molecular weight is 539 g/mol. The van der Waals surface area contributed by atoms with Gasteiger partial charge in [0.15, 0.2) is 0 Å². The minimum atomic E-state index is -4.73. The van der Waals surface area contributed by atoms with Crippen molar-refractivity contribution >= 4 is 10.4 Å². The number of hydrogen-bond donors (Lipinski definition) is 0. The maximum atomic E-state index is 11.8. The molecular formula is C25H40N4Na2O4S. The molecule has 0 amide bonds. The van der Waals surface area contributed by atoms with E-state index in [9.17, 15) is 13.0 Å². The number of aryl methyl sites for hydroxylation is 1. The third kappa shape index (κ3) is 5.85. The van der Waals surface area contributed by atoms with E-state index < -0.39 is 16.5 Å². The Kier molecular flexibility index (Phi) is 10.3. The van der Waals surface area contributed by atoms with Crippen LogP contribution in [-0.4, -0.2) is 34.6 Å². The van der Waals surface area contributed by atoms with Crippen LogP contribution >= 0.6 is 0 Å². The number of aromatic nitrogens is 4. The van der Waals surface area contributed by atoms with Crippen molar-refractivity contribution in [3.05, 3.63) is 5.82 Å². The van der Waals surface area contributed by atoms with Crippen molar-refractivity contribution in [3.63, 3.8) is 0 Å². The maximum Gasteiger partial charge on any atom is 1.00 e. The molecule has 10 atom stereocenters. The fourth-order valence-electron chi connectivity index (χ4n) is 9.46. The molecule has 5 rings (SSSR count). The third-order valence-corrected chi connectivity index (χ3v) is 11.6. The summed E-state index contributed by atoms with van der Waals surface area (Å²) in [6.07, 6.45) is 10.1. The normalized spacial score (nSPS) is 42.8. The zero-order chi connectivity index (χ0) is 24.3. The van der Waals surface area contributed by atoms with Gasteiger partial charge in [0, 0.05) is 5.82 Å². The second-order valence-electron chi connectivity index (χ2n) is 12.7. The zero-order valence-corrected chi connectivity index (χ0v) is 27.8. The van der Waals surface area contributed by atoms with Crippen molar-refractivity contribution < 1.29 is 76.3 Å². The molecule has 4 saturated carbocycles. The van der Waals surface area contributed by atoms with Gasteiger partial charge in [-0.3, -0.25) is 14.5 Å². The van der Waals surface area contributed by atoms with Gasteiger partial charge in [0.1, 0.15) is 0 Å². The first-order valence-electron chi connectivity index (χ1n) is 13.3. The standard InChI is InChI=1S/C25H41N4O4S.2Na/c1-15-9-11-24(3)17(13-15)14-21(33-34(30,31)32)23-19-7-6-18(25(19,4)12-10-20(23)24)16(2)5-8-22-26-28-29-27-22;;/h15-21,23H,5-14H2,1-4H3,(H-,26,27,28,29,30,31,32);;/q-1;2*+1/p-1/t15-,16-,17+,18-,19+,20+,21+,23+,24+,25-;;/m1../s1. The molecule has 0 aliphatic heterocycles. The SMILES string of the molecule is C[C@@H]1CC[C@@]2(C)[C@@H](C1)C[C@H](OS(=O)(=O)[O-])[C@@H]1[C@@H]2CC[C@]2(C)[C@@H]([C@H](C)CCc3nnn[n-]3)CC[C@@H]12.[Na+].[Na+]. The minimum Gasteiger partial charge on any atom is -0.726 e. The molecule has 36 heavy (non-hydrogen) atoms. The molecule has 192 valence electrons. The largest absolute Gasteiger partial charge is 1.00 e. The van der Waals surface area contributed by atoms with Crippen LogP contribution in [0.25, 0.3) is 0 Å². The van der Waals surface area contributed by atoms with Gasteiger partial charge in [0.2, 0.25) is 10.4 Å². The van der Waals surface area contributed by atoms with E-state index in [2.05, 4.69) is 48.3 Å². The van der Waals surface area contributed by atoms with Gasteiger partial charge in [-0.05, 0) is 110 Å². The summed E-state index contributed by atoms with van der Waals surface area (Å²) in [5.41, 5.74) is 0.368. The summed E-state index contributed by atoms with van der Waals surface area (Å²) in [5.74, 6) is 3.88. The molecule has 0 aromatic carbocycles. The van der Waals surface area contributed by atoms with Crippen molar-refractivity contribution in [3.8, 4) is 0 Å². The van der Waals surface area contributed by atoms with Crippen molar-refractivity contribution in [1.29, 1.82) is 0 Å². The summed E-state index contributed by atoms with van der Waals surface area (Å²) in [4.78, 5) is 0. The maximum absolute atomic E-state index is 11.8. The molecule has 4 aliphatic rings. The van der Waals surface area contributed by atoms with Gasteiger partial charge in [0.05, 0.1) is 6.10 Å². The van der Waals surface area contributed by atoms with Crippen molar-refractivity contribution in [2.45, 2.75) is 98.0 Å². The Bertz CT molecular complexity index is 983. The van der Waals surface area contributed by atoms with E-state index in [0.717, 1.165) is 38.5 Å². The van der Waals surface area contributed by atoms with Gasteiger partial charge >= 0.3 is 59.1 Å². The molecule has 0 spiro atoms. The number of fused-ring (bicyclic) bond motifs is 5. The summed E-state index contributed by atoms with van der Waals surface area (Å²) in [6.45, 7) is 9.54.